The van der Waals surface area contributed by atoms with Crippen LogP contribution >= 0.6 is 11.6 Å². The number of amides is 2. The first kappa shape index (κ1) is 15.5. The second-order valence-electron chi connectivity index (χ2n) is 4.15. The van der Waals surface area contributed by atoms with Crippen molar-refractivity contribution in [1.82, 2.24) is 10.6 Å². The molecule has 6 heteroatoms. The van der Waals surface area contributed by atoms with E-state index in [-0.39, 0.29) is 6.04 Å². The first-order valence-electron chi connectivity index (χ1n) is 5.84. The summed E-state index contributed by atoms with van der Waals surface area (Å²) >= 11 is 5.91. The SMILES string of the molecule is COC(=O)NC(=O)[C@@H](C)N[C@@H](C)c1cccc(Cl)c1. The average molecular weight is 285 g/mol. The van der Waals surface area contributed by atoms with Crippen LogP contribution in [-0.4, -0.2) is 25.2 Å². The molecular weight excluding hydrogens is 268 g/mol. The molecule has 0 aliphatic heterocycles. The molecule has 0 saturated heterocycles. The normalized spacial score (nSPS) is 13.5. The number of imide groups is 1. The molecule has 0 fully saturated rings. The Morgan fingerprint density at radius 3 is 2.58 bits per heavy atom. The van der Waals surface area contributed by atoms with Crippen LogP contribution in [0.25, 0.3) is 0 Å². The van der Waals surface area contributed by atoms with Gasteiger partial charge in [0.05, 0.1) is 13.2 Å². The number of carbonyl (C=O) groups excluding carboxylic acids is 2. The molecule has 0 aromatic heterocycles. The van der Waals surface area contributed by atoms with Crippen LogP contribution in [-0.2, 0) is 9.53 Å². The van der Waals surface area contributed by atoms with Crippen molar-refractivity contribution >= 4 is 23.6 Å². The Kier molecular flexibility index (Phi) is 5.79. The first-order valence-corrected chi connectivity index (χ1v) is 6.22. The maximum absolute atomic E-state index is 11.6. The van der Waals surface area contributed by atoms with E-state index in [0.29, 0.717) is 5.02 Å². The lowest BCUT2D eigenvalue weighted by Gasteiger charge is -2.19. The second-order valence-corrected chi connectivity index (χ2v) is 4.58. The van der Waals surface area contributed by atoms with E-state index in [1.54, 1.807) is 13.0 Å². The van der Waals surface area contributed by atoms with E-state index in [2.05, 4.69) is 15.4 Å². The largest absolute Gasteiger partial charge is 0.453 e. The Balaban J connectivity index is 2.58. The van der Waals surface area contributed by atoms with Crippen molar-refractivity contribution < 1.29 is 14.3 Å². The predicted octanol–water partition coefficient (Wildman–Crippen LogP) is 2.26. The topological polar surface area (TPSA) is 67.4 Å². The van der Waals surface area contributed by atoms with Crippen molar-refractivity contribution in [3.63, 3.8) is 0 Å². The Labute approximate surface area is 117 Å². The van der Waals surface area contributed by atoms with E-state index in [0.717, 1.165) is 5.56 Å². The molecule has 5 nitrogen and oxygen atoms in total. The first-order chi connectivity index (χ1) is 8.93. The van der Waals surface area contributed by atoms with Crippen molar-refractivity contribution in [1.29, 1.82) is 0 Å². The fourth-order valence-corrected chi connectivity index (χ4v) is 1.78. The number of rotatable bonds is 4. The molecule has 0 aliphatic rings. The van der Waals surface area contributed by atoms with Gasteiger partial charge in [-0.1, -0.05) is 23.7 Å². The van der Waals surface area contributed by atoms with Crippen LogP contribution < -0.4 is 10.6 Å². The van der Waals surface area contributed by atoms with Gasteiger partial charge in [0.25, 0.3) is 0 Å². The number of methoxy groups -OCH3 is 1. The molecule has 2 atom stereocenters. The summed E-state index contributed by atoms with van der Waals surface area (Å²) in [6.07, 6.45) is -0.769. The van der Waals surface area contributed by atoms with E-state index < -0.39 is 18.0 Å². The molecule has 19 heavy (non-hydrogen) atoms. The number of hydrogen-bond acceptors (Lipinski definition) is 4. The zero-order chi connectivity index (χ0) is 14.4. The number of nitrogens with one attached hydrogen (secondary N) is 2. The molecule has 0 unspecified atom stereocenters. The number of ether oxygens (including phenoxy) is 1. The number of carbonyl (C=O) groups is 2. The van der Waals surface area contributed by atoms with Crippen LogP contribution in [0.1, 0.15) is 25.5 Å². The highest BCUT2D eigenvalue weighted by Gasteiger charge is 2.18. The van der Waals surface area contributed by atoms with Crippen LogP contribution in [0.15, 0.2) is 24.3 Å². The van der Waals surface area contributed by atoms with Gasteiger partial charge in [-0.2, -0.15) is 0 Å². The maximum Gasteiger partial charge on any atom is 0.413 e. The van der Waals surface area contributed by atoms with Gasteiger partial charge in [-0.15, -0.1) is 0 Å². The summed E-state index contributed by atoms with van der Waals surface area (Å²) in [5, 5.41) is 5.82. The molecule has 0 aliphatic carbocycles. The Morgan fingerprint density at radius 1 is 1.32 bits per heavy atom. The van der Waals surface area contributed by atoms with Crippen LogP contribution in [0.4, 0.5) is 4.79 Å². The van der Waals surface area contributed by atoms with Gasteiger partial charge in [0.2, 0.25) is 5.91 Å². The molecule has 0 radical (unpaired) electrons. The van der Waals surface area contributed by atoms with E-state index >= 15 is 0 Å². The van der Waals surface area contributed by atoms with E-state index in [1.165, 1.54) is 7.11 Å². The van der Waals surface area contributed by atoms with Crippen molar-refractivity contribution in [3.8, 4) is 0 Å². The molecule has 1 aromatic carbocycles. The molecule has 0 spiro atoms. The second kappa shape index (κ2) is 7.11. The van der Waals surface area contributed by atoms with Crippen molar-refractivity contribution in [2.45, 2.75) is 25.9 Å². The van der Waals surface area contributed by atoms with Crippen LogP contribution in [0, 0.1) is 0 Å². The quantitative estimate of drug-likeness (QED) is 0.890. The molecule has 2 N–H and O–H groups in total. The lowest BCUT2D eigenvalue weighted by Crippen LogP contribution is -2.45. The fraction of sp³-hybridized carbons (Fsp3) is 0.385. The van der Waals surface area contributed by atoms with Gasteiger partial charge >= 0.3 is 6.09 Å². The zero-order valence-corrected chi connectivity index (χ0v) is 11.8. The molecule has 0 heterocycles. The Hall–Kier alpha value is -1.59. The predicted molar refractivity (Wildman–Crippen MR) is 73.0 cm³/mol. The molecule has 0 saturated carbocycles. The minimum Gasteiger partial charge on any atom is -0.453 e. The van der Waals surface area contributed by atoms with E-state index in [4.69, 9.17) is 11.6 Å². The monoisotopic (exact) mass is 284 g/mol. The maximum atomic E-state index is 11.6. The standard InChI is InChI=1S/C13H17ClN2O3/c1-8(10-5-4-6-11(14)7-10)15-9(2)12(17)16-13(18)19-3/h4-9,15H,1-3H3,(H,16,17,18)/t8-,9+/m0/s1. The summed E-state index contributed by atoms with van der Waals surface area (Å²) < 4.78 is 4.36. The summed E-state index contributed by atoms with van der Waals surface area (Å²) in [7, 11) is 1.20. The highest BCUT2D eigenvalue weighted by molar-refractivity contribution is 6.30. The highest BCUT2D eigenvalue weighted by atomic mass is 35.5. The van der Waals surface area contributed by atoms with E-state index in [1.807, 2.05) is 25.1 Å². The Morgan fingerprint density at radius 2 is 2.00 bits per heavy atom. The highest BCUT2D eigenvalue weighted by Crippen LogP contribution is 2.17. The van der Waals surface area contributed by atoms with Gasteiger partial charge in [-0.3, -0.25) is 15.4 Å². The summed E-state index contributed by atoms with van der Waals surface area (Å²) in [4.78, 5) is 22.6. The van der Waals surface area contributed by atoms with Crippen LogP contribution in [0.5, 0.6) is 0 Å². The average Bonchev–Trinajstić information content (AvgIpc) is 2.38. The third kappa shape index (κ3) is 4.89. The number of benzene rings is 1. The van der Waals surface area contributed by atoms with Crippen molar-refractivity contribution in [3.05, 3.63) is 34.9 Å². The third-order valence-electron chi connectivity index (χ3n) is 2.65. The van der Waals surface area contributed by atoms with Gasteiger partial charge in [0.1, 0.15) is 0 Å². The lowest BCUT2D eigenvalue weighted by atomic mass is 10.1. The van der Waals surface area contributed by atoms with Gasteiger partial charge in [0.15, 0.2) is 0 Å². The van der Waals surface area contributed by atoms with Gasteiger partial charge in [-0.25, -0.2) is 4.79 Å². The molecular formula is C13H17ClN2O3. The smallest absolute Gasteiger partial charge is 0.413 e. The summed E-state index contributed by atoms with van der Waals surface area (Å²) in [5.74, 6) is -0.444. The van der Waals surface area contributed by atoms with Gasteiger partial charge in [-0.05, 0) is 31.5 Å². The summed E-state index contributed by atoms with van der Waals surface area (Å²) in [5.41, 5.74) is 0.963. The fourth-order valence-electron chi connectivity index (χ4n) is 1.58. The molecule has 1 aromatic rings. The number of halogens is 1. The van der Waals surface area contributed by atoms with Gasteiger partial charge < -0.3 is 4.74 Å². The Bertz CT molecular complexity index is 465. The summed E-state index contributed by atoms with van der Waals surface area (Å²) in [6, 6.07) is 6.75. The number of hydrogen-bond donors (Lipinski definition) is 2. The van der Waals surface area contributed by atoms with Crippen LogP contribution in [0.2, 0.25) is 5.02 Å². The molecule has 2 amide bonds. The van der Waals surface area contributed by atoms with Crippen molar-refractivity contribution in [2.24, 2.45) is 0 Å². The summed E-state index contributed by atoms with van der Waals surface area (Å²) in [6.45, 7) is 3.58. The lowest BCUT2D eigenvalue weighted by molar-refractivity contribution is -0.122. The van der Waals surface area contributed by atoms with Crippen molar-refractivity contribution in [2.75, 3.05) is 7.11 Å². The number of alkyl carbamates (subject to hydrolysis) is 1. The minimum absolute atomic E-state index is 0.0721. The van der Waals surface area contributed by atoms with Crippen LogP contribution in [0.3, 0.4) is 0 Å². The minimum atomic E-state index is -0.769. The molecule has 104 valence electrons. The zero-order valence-electron chi connectivity index (χ0n) is 11.1. The molecule has 1 rings (SSSR count). The van der Waals surface area contributed by atoms with E-state index in [9.17, 15) is 9.59 Å². The molecule has 0 bridgehead atoms. The van der Waals surface area contributed by atoms with Gasteiger partial charge in [0, 0.05) is 11.1 Å². The third-order valence-corrected chi connectivity index (χ3v) is 2.89.